The van der Waals surface area contributed by atoms with Gasteiger partial charge in [-0.05, 0) is 55.7 Å². The molecule has 0 radical (unpaired) electrons. The lowest BCUT2D eigenvalue weighted by molar-refractivity contribution is -0.142. The van der Waals surface area contributed by atoms with Gasteiger partial charge in [-0.1, -0.05) is 18.6 Å². The van der Waals surface area contributed by atoms with Crippen LogP contribution in [-0.2, 0) is 4.79 Å². The number of likely N-dealkylation sites (tertiary alicyclic amines) is 1. The van der Waals surface area contributed by atoms with Gasteiger partial charge in [0.2, 0.25) is 0 Å². The van der Waals surface area contributed by atoms with Crippen molar-refractivity contribution in [3.63, 3.8) is 0 Å². The third kappa shape index (κ3) is 2.23. The van der Waals surface area contributed by atoms with Crippen molar-refractivity contribution in [3.05, 3.63) is 34.9 Å². The third-order valence-corrected chi connectivity index (χ3v) is 5.24. The van der Waals surface area contributed by atoms with Crippen molar-refractivity contribution < 1.29 is 14.7 Å². The molecule has 1 aliphatic carbocycles. The number of hydrogen-bond acceptors (Lipinski definition) is 2. The van der Waals surface area contributed by atoms with E-state index in [4.69, 9.17) is 0 Å². The SMILES string of the molecule is Cc1cccc(C(=O)N2CC3CCCC3C2C(=O)O)c1C. The normalized spacial score (nSPS) is 27.7. The summed E-state index contributed by atoms with van der Waals surface area (Å²) in [5.74, 6) is -0.488. The van der Waals surface area contributed by atoms with E-state index < -0.39 is 12.0 Å². The Balaban J connectivity index is 1.93. The second kappa shape index (κ2) is 5.17. The van der Waals surface area contributed by atoms with Crippen LogP contribution in [0.4, 0.5) is 0 Å². The molecule has 3 unspecified atom stereocenters. The monoisotopic (exact) mass is 287 g/mol. The number of fused-ring (bicyclic) bond motifs is 1. The second-order valence-corrected chi connectivity index (χ2v) is 6.34. The van der Waals surface area contributed by atoms with E-state index in [0.717, 1.165) is 30.4 Å². The summed E-state index contributed by atoms with van der Waals surface area (Å²) in [7, 11) is 0. The molecule has 4 nitrogen and oxygen atoms in total. The van der Waals surface area contributed by atoms with Crippen LogP contribution in [0.5, 0.6) is 0 Å². The largest absolute Gasteiger partial charge is 0.480 e. The van der Waals surface area contributed by atoms with E-state index in [9.17, 15) is 14.7 Å². The fourth-order valence-electron chi connectivity index (χ4n) is 3.97. The van der Waals surface area contributed by atoms with Crippen molar-refractivity contribution in [2.24, 2.45) is 11.8 Å². The molecule has 1 N–H and O–H groups in total. The molecule has 1 aliphatic heterocycles. The van der Waals surface area contributed by atoms with E-state index in [0.29, 0.717) is 18.0 Å². The van der Waals surface area contributed by atoms with Crippen molar-refractivity contribution in [1.29, 1.82) is 0 Å². The summed E-state index contributed by atoms with van der Waals surface area (Å²) in [6.45, 7) is 4.49. The lowest BCUT2D eigenvalue weighted by Crippen LogP contribution is -2.43. The van der Waals surface area contributed by atoms with Gasteiger partial charge in [-0.3, -0.25) is 4.79 Å². The maximum atomic E-state index is 12.8. The van der Waals surface area contributed by atoms with E-state index >= 15 is 0 Å². The summed E-state index contributed by atoms with van der Waals surface area (Å²) >= 11 is 0. The Morgan fingerprint density at radius 2 is 2.00 bits per heavy atom. The molecule has 112 valence electrons. The highest BCUT2D eigenvalue weighted by molar-refractivity contribution is 5.98. The first-order valence-electron chi connectivity index (χ1n) is 7.60. The molecule has 0 aromatic heterocycles. The first-order chi connectivity index (χ1) is 10.0. The van der Waals surface area contributed by atoms with Crippen LogP contribution < -0.4 is 0 Å². The second-order valence-electron chi connectivity index (χ2n) is 6.34. The maximum absolute atomic E-state index is 12.8. The van der Waals surface area contributed by atoms with E-state index in [1.807, 2.05) is 26.0 Å². The summed E-state index contributed by atoms with van der Waals surface area (Å²) in [5, 5.41) is 9.56. The predicted molar refractivity (Wildman–Crippen MR) is 79.2 cm³/mol. The molecule has 0 spiro atoms. The van der Waals surface area contributed by atoms with Gasteiger partial charge in [0.15, 0.2) is 0 Å². The average molecular weight is 287 g/mol. The number of hydrogen-bond donors (Lipinski definition) is 1. The van der Waals surface area contributed by atoms with Crippen molar-refractivity contribution in [1.82, 2.24) is 4.90 Å². The quantitative estimate of drug-likeness (QED) is 0.909. The standard InChI is InChI=1S/C17H21NO3/c1-10-5-3-7-13(11(10)2)16(19)18-9-12-6-4-8-14(12)15(18)17(20)21/h3,5,7,12,14-15H,4,6,8-9H2,1-2H3,(H,20,21). The van der Waals surface area contributed by atoms with Gasteiger partial charge in [0.25, 0.3) is 5.91 Å². The van der Waals surface area contributed by atoms with Crippen LogP contribution in [0.25, 0.3) is 0 Å². The Morgan fingerprint density at radius 3 is 2.71 bits per heavy atom. The van der Waals surface area contributed by atoms with Crippen molar-refractivity contribution >= 4 is 11.9 Å². The molecule has 3 atom stereocenters. The number of carbonyl (C=O) groups is 2. The number of amides is 1. The first kappa shape index (κ1) is 14.1. The zero-order valence-corrected chi connectivity index (χ0v) is 12.5. The zero-order chi connectivity index (χ0) is 15.1. The molecule has 0 bridgehead atoms. The van der Waals surface area contributed by atoms with Gasteiger partial charge in [-0.25, -0.2) is 4.79 Å². The van der Waals surface area contributed by atoms with Crippen LogP contribution in [-0.4, -0.2) is 34.5 Å². The number of carboxylic acids is 1. The van der Waals surface area contributed by atoms with Crippen LogP contribution in [0.1, 0.15) is 40.7 Å². The molecule has 3 rings (SSSR count). The van der Waals surface area contributed by atoms with Crippen molar-refractivity contribution in [3.8, 4) is 0 Å². The maximum Gasteiger partial charge on any atom is 0.326 e. The average Bonchev–Trinajstić information content (AvgIpc) is 3.00. The molecule has 21 heavy (non-hydrogen) atoms. The number of carbonyl (C=O) groups excluding carboxylic acids is 1. The Hall–Kier alpha value is -1.84. The number of rotatable bonds is 2. The van der Waals surface area contributed by atoms with E-state index in [1.165, 1.54) is 0 Å². The highest BCUT2D eigenvalue weighted by atomic mass is 16.4. The van der Waals surface area contributed by atoms with Gasteiger partial charge in [0, 0.05) is 12.1 Å². The van der Waals surface area contributed by atoms with Crippen LogP contribution in [0.3, 0.4) is 0 Å². The summed E-state index contributed by atoms with van der Waals surface area (Å²) in [6, 6.07) is 4.99. The number of aryl methyl sites for hydroxylation is 1. The fourth-order valence-corrected chi connectivity index (χ4v) is 3.97. The van der Waals surface area contributed by atoms with E-state index in [2.05, 4.69) is 0 Å². The van der Waals surface area contributed by atoms with Gasteiger partial charge < -0.3 is 10.0 Å². The van der Waals surface area contributed by atoms with Gasteiger partial charge in [0.1, 0.15) is 6.04 Å². The minimum atomic E-state index is -0.858. The predicted octanol–water partition coefficient (Wildman–Crippen LogP) is 2.63. The highest BCUT2D eigenvalue weighted by Crippen LogP contribution is 2.42. The van der Waals surface area contributed by atoms with Crippen LogP contribution in [0, 0.1) is 25.7 Å². The molecule has 1 aromatic rings. The molecular weight excluding hydrogens is 266 g/mol. The van der Waals surface area contributed by atoms with Crippen molar-refractivity contribution in [2.45, 2.75) is 39.2 Å². The Labute approximate surface area is 124 Å². The van der Waals surface area contributed by atoms with Gasteiger partial charge in [0.05, 0.1) is 0 Å². The van der Waals surface area contributed by atoms with Crippen LogP contribution in [0.2, 0.25) is 0 Å². The molecular formula is C17H21NO3. The third-order valence-electron chi connectivity index (χ3n) is 5.24. The number of aliphatic carboxylic acids is 1. The Bertz CT molecular complexity index is 596. The van der Waals surface area contributed by atoms with Gasteiger partial charge >= 0.3 is 5.97 Å². The lowest BCUT2D eigenvalue weighted by atomic mass is 9.94. The smallest absolute Gasteiger partial charge is 0.326 e. The number of nitrogens with zero attached hydrogens (tertiary/aromatic N) is 1. The molecule has 1 amide bonds. The molecule has 2 aliphatic rings. The molecule has 1 saturated carbocycles. The van der Waals surface area contributed by atoms with Gasteiger partial charge in [-0.2, -0.15) is 0 Å². The van der Waals surface area contributed by atoms with E-state index in [1.54, 1.807) is 11.0 Å². The molecule has 1 heterocycles. The molecule has 2 fully saturated rings. The zero-order valence-electron chi connectivity index (χ0n) is 12.5. The first-order valence-corrected chi connectivity index (χ1v) is 7.60. The summed E-state index contributed by atoms with van der Waals surface area (Å²) in [5.41, 5.74) is 2.65. The summed E-state index contributed by atoms with van der Waals surface area (Å²) in [4.78, 5) is 26.1. The van der Waals surface area contributed by atoms with E-state index in [-0.39, 0.29) is 11.8 Å². The Kier molecular flexibility index (Phi) is 3.47. The number of benzene rings is 1. The van der Waals surface area contributed by atoms with Gasteiger partial charge in [-0.15, -0.1) is 0 Å². The highest BCUT2D eigenvalue weighted by Gasteiger charge is 2.49. The topological polar surface area (TPSA) is 57.6 Å². The molecule has 1 aromatic carbocycles. The lowest BCUT2D eigenvalue weighted by Gasteiger charge is -2.25. The van der Waals surface area contributed by atoms with Crippen molar-refractivity contribution in [2.75, 3.05) is 6.54 Å². The van der Waals surface area contributed by atoms with Crippen LogP contribution >= 0.6 is 0 Å². The number of carboxylic acid groups (broad SMARTS) is 1. The van der Waals surface area contributed by atoms with Crippen LogP contribution in [0.15, 0.2) is 18.2 Å². The minimum Gasteiger partial charge on any atom is -0.480 e. The molecule has 1 saturated heterocycles. The molecule has 4 heteroatoms. The Morgan fingerprint density at radius 1 is 1.24 bits per heavy atom. The summed E-state index contributed by atoms with van der Waals surface area (Å²) < 4.78 is 0. The minimum absolute atomic E-state index is 0.127. The fraction of sp³-hybridized carbons (Fsp3) is 0.529. The summed E-state index contributed by atoms with van der Waals surface area (Å²) in [6.07, 6.45) is 3.06.